The van der Waals surface area contributed by atoms with Crippen molar-refractivity contribution in [1.29, 1.82) is 0 Å². The number of hydrogen-bond donors (Lipinski definition) is 1. The fraction of sp³-hybridized carbons (Fsp3) is 0.125. The van der Waals surface area contributed by atoms with Crippen molar-refractivity contribution < 1.29 is 27.1 Å². The van der Waals surface area contributed by atoms with Crippen molar-refractivity contribution in [3.8, 4) is 5.75 Å². The first-order valence-electron chi connectivity index (χ1n) is 6.90. The molecule has 3 rings (SSSR count). The van der Waals surface area contributed by atoms with Crippen molar-refractivity contribution in [2.24, 2.45) is 0 Å². The van der Waals surface area contributed by atoms with Gasteiger partial charge in [0.1, 0.15) is 11.3 Å². The molecule has 0 bridgehead atoms. The SMILES string of the molecule is COc1ccc(Br)c(C(=O)Nc2ccc3oc(C(F)(F)F)nc3c2)c1. The van der Waals surface area contributed by atoms with Gasteiger partial charge in [-0.25, -0.2) is 4.98 Å². The zero-order valence-electron chi connectivity index (χ0n) is 12.6. The first-order valence-corrected chi connectivity index (χ1v) is 7.70. The minimum Gasteiger partial charge on any atom is -0.497 e. The van der Waals surface area contributed by atoms with Gasteiger partial charge < -0.3 is 14.5 Å². The highest BCUT2D eigenvalue weighted by Crippen LogP contribution is 2.32. The molecule has 130 valence electrons. The van der Waals surface area contributed by atoms with Gasteiger partial charge in [0, 0.05) is 10.2 Å². The van der Waals surface area contributed by atoms with Crippen molar-refractivity contribution >= 4 is 38.6 Å². The second-order valence-corrected chi connectivity index (χ2v) is 5.85. The lowest BCUT2D eigenvalue weighted by Crippen LogP contribution is -2.12. The molecule has 0 fully saturated rings. The van der Waals surface area contributed by atoms with E-state index in [-0.39, 0.29) is 16.8 Å². The van der Waals surface area contributed by atoms with Crippen LogP contribution in [0.2, 0.25) is 0 Å². The van der Waals surface area contributed by atoms with Crippen LogP contribution in [-0.2, 0) is 6.18 Å². The van der Waals surface area contributed by atoms with Gasteiger partial charge in [0.15, 0.2) is 5.58 Å². The summed E-state index contributed by atoms with van der Waals surface area (Å²) in [6.45, 7) is 0. The number of benzene rings is 2. The number of rotatable bonds is 3. The molecule has 1 aromatic heterocycles. The number of carbonyl (C=O) groups excluding carboxylic acids is 1. The van der Waals surface area contributed by atoms with Gasteiger partial charge in [-0.05, 0) is 52.3 Å². The van der Waals surface area contributed by atoms with Crippen molar-refractivity contribution in [2.75, 3.05) is 12.4 Å². The molecule has 1 amide bonds. The van der Waals surface area contributed by atoms with Crippen LogP contribution in [0, 0.1) is 0 Å². The number of aromatic nitrogens is 1. The third kappa shape index (κ3) is 3.60. The summed E-state index contributed by atoms with van der Waals surface area (Å²) in [7, 11) is 1.47. The van der Waals surface area contributed by atoms with Gasteiger partial charge in [0.2, 0.25) is 0 Å². The van der Waals surface area contributed by atoms with Gasteiger partial charge in [0.25, 0.3) is 5.91 Å². The molecule has 3 aromatic rings. The normalized spacial score (nSPS) is 11.6. The summed E-state index contributed by atoms with van der Waals surface area (Å²) in [5.41, 5.74) is 0.576. The van der Waals surface area contributed by atoms with E-state index in [0.717, 1.165) is 0 Å². The molecule has 0 saturated heterocycles. The number of halogens is 4. The van der Waals surface area contributed by atoms with Gasteiger partial charge >= 0.3 is 12.1 Å². The van der Waals surface area contributed by atoms with Crippen molar-refractivity contribution in [3.05, 3.63) is 52.3 Å². The largest absolute Gasteiger partial charge is 0.497 e. The lowest BCUT2D eigenvalue weighted by atomic mass is 10.2. The Kier molecular flexibility index (Phi) is 4.42. The predicted octanol–water partition coefficient (Wildman–Crippen LogP) is 4.87. The van der Waals surface area contributed by atoms with Crippen LogP contribution >= 0.6 is 15.9 Å². The topological polar surface area (TPSA) is 64.4 Å². The third-order valence-electron chi connectivity index (χ3n) is 3.31. The van der Waals surface area contributed by atoms with Crippen molar-refractivity contribution in [3.63, 3.8) is 0 Å². The summed E-state index contributed by atoms with van der Waals surface area (Å²) in [6.07, 6.45) is -4.67. The Hall–Kier alpha value is -2.55. The molecule has 1 heterocycles. The van der Waals surface area contributed by atoms with E-state index in [2.05, 4.69) is 30.6 Å². The Morgan fingerprint density at radius 3 is 2.68 bits per heavy atom. The molecule has 1 N–H and O–H groups in total. The smallest absolute Gasteiger partial charge is 0.468 e. The second-order valence-electron chi connectivity index (χ2n) is 5.00. The molecule has 0 atom stereocenters. The molecular weight excluding hydrogens is 405 g/mol. The molecule has 25 heavy (non-hydrogen) atoms. The maximum atomic E-state index is 12.6. The van der Waals surface area contributed by atoms with E-state index in [4.69, 9.17) is 4.74 Å². The monoisotopic (exact) mass is 414 g/mol. The molecule has 9 heteroatoms. The van der Waals surface area contributed by atoms with Crippen LogP contribution in [-0.4, -0.2) is 18.0 Å². The molecule has 0 radical (unpaired) electrons. The van der Waals surface area contributed by atoms with Crippen LogP contribution in [0.25, 0.3) is 11.1 Å². The van der Waals surface area contributed by atoms with Crippen LogP contribution in [0.3, 0.4) is 0 Å². The zero-order chi connectivity index (χ0) is 18.2. The Labute approximate surface area is 147 Å². The minimum atomic E-state index is -4.67. The van der Waals surface area contributed by atoms with E-state index in [1.807, 2.05) is 0 Å². The number of carbonyl (C=O) groups is 1. The summed E-state index contributed by atoms with van der Waals surface area (Å²) in [6, 6.07) is 8.93. The standard InChI is InChI=1S/C16H10BrF3N2O3/c1-24-9-3-4-11(17)10(7-9)14(23)21-8-2-5-13-12(6-8)22-15(25-13)16(18,19)20/h2-7H,1H3,(H,21,23). The maximum Gasteiger partial charge on any atom is 0.468 e. The summed E-state index contributed by atoms with van der Waals surface area (Å²) < 4.78 is 48.2. The molecule has 0 aliphatic carbocycles. The lowest BCUT2D eigenvalue weighted by Gasteiger charge is -2.08. The number of hydrogen-bond acceptors (Lipinski definition) is 4. The van der Waals surface area contributed by atoms with Crippen LogP contribution in [0.5, 0.6) is 5.75 Å². The molecular formula is C16H10BrF3N2O3. The van der Waals surface area contributed by atoms with E-state index in [9.17, 15) is 18.0 Å². The lowest BCUT2D eigenvalue weighted by molar-refractivity contribution is -0.156. The average Bonchev–Trinajstić information content (AvgIpc) is 2.99. The number of nitrogens with zero attached hydrogens (tertiary/aromatic N) is 1. The van der Waals surface area contributed by atoms with E-state index >= 15 is 0 Å². The van der Waals surface area contributed by atoms with E-state index in [1.165, 1.54) is 31.4 Å². The number of anilines is 1. The highest BCUT2D eigenvalue weighted by Gasteiger charge is 2.37. The fourth-order valence-electron chi connectivity index (χ4n) is 2.13. The van der Waals surface area contributed by atoms with Gasteiger partial charge in [-0.15, -0.1) is 0 Å². The van der Waals surface area contributed by atoms with Gasteiger partial charge in [0.05, 0.1) is 12.7 Å². The van der Waals surface area contributed by atoms with Gasteiger partial charge in [-0.3, -0.25) is 4.79 Å². The summed E-state index contributed by atoms with van der Waals surface area (Å²) >= 11 is 3.27. The predicted molar refractivity (Wildman–Crippen MR) is 87.7 cm³/mol. The number of fused-ring (bicyclic) bond motifs is 1. The Balaban J connectivity index is 1.89. The third-order valence-corrected chi connectivity index (χ3v) is 4.00. The minimum absolute atomic E-state index is 0.00478. The van der Waals surface area contributed by atoms with Crippen LogP contribution in [0.1, 0.15) is 16.2 Å². The van der Waals surface area contributed by atoms with E-state index in [1.54, 1.807) is 12.1 Å². The van der Waals surface area contributed by atoms with Gasteiger partial charge in [-0.2, -0.15) is 13.2 Å². The van der Waals surface area contributed by atoms with Gasteiger partial charge in [-0.1, -0.05) is 0 Å². The van der Waals surface area contributed by atoms with Crippen molar-refractivity contribution in [2.45, 2.75) is 6.18 Å². The number of alkyl halides is 3. The molecule has 0 unspecified atom stereocenters. The Morgan fingerprint density at radius 2 is 2.00 bits per heavy atom. The summed E-state index contributed by atoms with van der Waals surface area (Å²) in [4.78, 5) is 15.8. The number of nitrogens with one attached hydrogen (secondary N) is 1. The second kappa shape index (κ2) is 6.40. The maximum absolute atomic E-state index is 12.6. The zero-order valence-corrected chi connectivity index (χ0v) is 14.2. The van der Waals surface area contributed by atoms with E-state index in [0.29, 0.717) is 15.8 Å². The number of amides is 1. The van der Waals surface area contributed by atoms with Crippen molar-refractivity contribution in [1.82, 2.24) is 4.98 Å². The van der Waals surface area contributed by atoms with Crippen LogP contribution in [0.4, 0.5) is 18.9 Å². The first-order chi connectivity index (χ1) is 11.8. The Morgan fingerprint density at radius 1 is 1.24 bits per heavy atom. The number of oxazole rings is 1. The number of methoxy groups -OCH3 is 1. The van der Waals surface area contributed by atoms with Crippen LogP contribution < -0.4 is 10.1 Å². The quantitative estimate of drug-likeness (QED) is 0.663. The first kappa shape index (κ1) is 17.3. The average molecular weight is 415 g/mol. The molecule has 0 saturated carbocycles. The molecule has 0 aliphatic rings. The Bertz CT molecular complexity index is 953. The summed E-state index contributed by atoms with van der Waals surface area (Å²) in [5.74, 6) is -1.29. The highest BCUT2D eigenvalue weighted by molar-refractivity contribution is 9.10. The molecule has 5 nitrogen and oxygen atoms in total. The molecule has 0 spiro atoms. The molecule has 2 aromatic carbocycles. The highest BCUT2D eigenvalue weighted by atomic mass is 79.9. The summed E-state index contributed by atoms with van der Waals surface area (Å²) in [5, 5.41) is 2.60. The number of ether oxygens (including phenoxy) is 1. The molecule has 0 aliphatic heterocycles. The fourth-order valence-corrected chi connectivity index (χ4v) is 2.56. The van der Waals surface area contributed by atoms with Crippen LogP contribution in [0.15, 0.2) is 45.3 Å². The van der Waals surface area contributed by atoms with E-state index < -0.39 is 18.0 Å².